The number of fused-ring (bicyclic) bond motifs is 1. The largest absolute Gasteiger partial charge is 0.451 e. The lowest BCUT2D eigenvalue weighted by Gasteiger charge is -2.40. The molecule has 3 atom stereocenters. The summed E-state index contributed by atoms with van der Waals surface area (Å²) in [4.78, 5) is 23.1. The van der Waals surface area contributed by atoms with Gasteiger partial charge in [-0.25, -0.2) is 13.6 Å². The van der Waals surface area contributed by atoms with E-state index < -0.39 is 35.4 Å². The van der Waals surface area contributed by atoms with Crippen LogP contribution in [-0.2, 0) is 19.3 Å². The van der Waals surface area contributed by atoms with E-state index in [1.165, 1.54) is 17.8 Å². The molecule has 9 nitrogen and oxygen atoms in total. The fraction of sp³-hybridized carbons (Fsp3) is 0.448. The number of hydrogen-bond donors (Lipinski definition) is 1. The second-order valence-electron chi connectivity index (χ2n) is 11.9. The van der Waals surface area contributed by atoms with Gasteiger partial charge < -0.3 is 14.8 Å². The van der Waals surface area contributed by atoms with Crippen LogP contribution >= 0.6 is 35.0 Å². The fourth-order valence-electron chi connectivity index (χ4n) is 6.57. The van der Waals surface area contributed by atoms with E-state index >= 15 is 4.39 Å². The summed E-state index contributed by atoms with van der Waals surface area (Å²) in [6.07, 6.45) is -4.61. The standard InChI is InChI=1S/C29H27Cl2F5N8OS/c1-13-9-43(14(2)8-37-13)26-17-6-19(31)23(16-5-18(30)21(33)7-20(16)32)25-24(17)44(28(45)38-26)15(12-46-25)10-41-3-4-42-22(11-41)39-40-27(42)29(34,35)36/h5-7,13-15,37H,3-4,8-12H2,1-2H3/t13-,14+,15+/m1/s1. The molecule has 0 unspecified atom stereocenters. The molecule has 0 radical (unpaired) electrons. The van der Waals surface area contributed by atoms with Gasteiger partial charge in [0.25, 0.3) is 0 Å². The summed E-state index contributed by atoms with van der Waals surface area (Å²) in [5.41, 5.74) is 0.276. The summed E-state index contributed by atoms with van der Waals surface area (Å²) in [5.74, 6) is -1.80. The van der Waals surface area contributed by atoms with Crippen molar-refractivity contribution in [2.45, 2.75) is 56.1 Å². The zero-order valence-electron chi connectivity index (χ0n) is 24.5. The first-order valence-electron chi connectivity index (χ1n) is 14.6. The molecule has 46 heavy (non-hydrogen) atoms. The SMILES string of the molecule is C[C@@H]1CN(c2nc(=O)n3c4c(c(-c5cc(Cl)c(F)cc5F)c(Cl)cc24)SC[C@@H]3CN2CCn3c(nnc3C(F)(F)F)C2)[C@@H](C)CN1. The first-order valence-corrected chi connectivity index (χ1v) is 16.3. The second kappa shape index (κ2) is 11.6. The molecule has 1 saturated heterocycles. The van der Waals surface area contributed by atoms with Crippen LogP contribution in [0.2, 0.25) is 10.0 Å². The van der Waals surface area contributed by atoms with E-state index in [0.29, 0.717) is 53.1 Å². The number of thioether (sulfide) groups is 1. The number of nitrogens with zero attached hydrogens (tertiary/aromatic N) is 7. The lowest BCUT2D eigenvalue weighted by Crippen LogP contribution is -2.55. The predicted molar refractivity (Wildman–Crippen MR) is 166 cm³/mol. The van der Waals surface area contributed by atoms with Crippen molar-refractivity contribution in [2.75, 3.05) is 36.8 Å². The number of hydrogen-bond acceptors (Lipinski definition) is 8. The molecular formula is C29H27Cl2F5N8OS. The average Bonchev–Trinajstić information content (AvgIpc) is 3.43. The summed E-state index contributed by atoms with van der Waals surface area (Å²) in [6, 6.07) is 3.22. The number of benzene rings is 2. The van der Waals surface area contributed by atoms with Gasteiger partial charge in [0.05, 0.1) is 28.1 Å². The molecular weight excluding hydrogens is 674 g/mol. The molecule has 1 fully saturated rings. The summed E-state index contributed by atoms with van der Waals surface area (Å²) >= 11 is 14.3. The van der Waals surface area contributed by atoms with Crippen LogP contribution in [0.3, 0.4) is 0 Å². The van der Waals surface area contributed by atoms with Crippen molar-refractivity contribution in [3.05, 3.63) is 62.0 Å². The van der Waals surface area contributed by atoms with Crippen molar-refractivity contribution in [2.24, 2.45) is 0 Å². The van der Waals surface area contributed by atoms with Gasteiger partial charge in [-0.2, -0.15) is 18.2 Å². The van der Waals surface area contributed by atoms with Gasteiger partial charge >= 0.3 is 11.9 Å². The van der Waals surface area contributed by atoms with E-state index in [-0.39, 0.29) is 58.7 Å². The molecule has 2 aromatic carbocycles. The van der Waals surface area contributed by atoms with Crippen molar-refractivity contribution in [3.63, 3.8) is 0 Å². The average molecular weight is 702 g/mol. The van der Waals surface area contributed by atoms with Gasteiger partial charge in [0.2, 0.25) is 5.82 Å². The van der Waals surface area contributed by atoms with Crippen molar-refractivity contribution in [1.82, 2.24) is 34.5 Å². The third-order valence-corrected chi connectivity index (χ3v) is 10.6. The Morgan fingerprint density at radius 2 is 1.85 bits per heavy atom. The maximum absolute atomic E-state index is 15.3. The molecule has 0 spiro atoms. The Morgan fingerprint density at radius 1 is 1.07 bits per heavy atom. The van der Waals surface area contributed by atoms with E-state index in [0.717, 1.165) is 4.57 Å². The van der Waals surface area contributed by atoms with Crippen LogP contribution in [-0.4, -0.2) is 73.2 Å². The summed E-state index contributed by atoms with van der Waals surface area (Å²) < 4.78 is 72.3. The highest BCUT2D eigenvalue weighted by Crippen LogP contribution is 2.49. The van der Waals surface area contributed by atoms with Gasteiger partial charge in [0.15, 0.2) is 0 Å². The molecule has 4 aromatic rings. The molecule has 7 rings (SSSR count). The minimum atomic E-state index is -4.61. The minimum absolute atomic E-state index is 0.00314. The molecule has 5 heterocycles. The van der Waals surface area contributed by atoms with Crippen LogP contribution < -0.4 is 15.9 Å². The molecule has 3 aliphatic rings. The molecule has 2 aromatic heterocycles. The van der Waals surface area contributed by atoms with Crippen LogP contribution in [0.25, 0.3) is 22.0 Å². The topological polar surface area (TPSA) is 84.1 Å². The molecule has 0 saturated carbocycles. The number of nitrogens with one attached hydrogen (secondary N) is 1. The Bertz CT molecular complexity index is 1930. The molecule has 0 aliphatic carbocycles. The van der Waals surface area contributed by atoms with Gasteiger partial charge in [-0.15, -0.1) is 22.0 Å². The monoisotopic (exact) mass is 700 g/mol. The molecule has 0 amide bonds. The molecule has 244 valence electrons. The van der Waals surface area contributed by atoms with E-state index in [4.69, 9.17) is 23.2 Å². The fourth-order valence-corrected chi connectivity index (χ4v) is 8.41. The van der Waals surface area contributed by atoms with Crippen molar-refractivity contribution in [3.8, 4) is 11.1 Å². The van der Waals surface area contributed by atoms with E-state index in [1.807, 2.05) is 18.7 Å². The summed E-state index contributed by atoms with van der Waals surface area (Å²) in [6.45, 7) is 6.05. The van der Waals surface area contributed by atoms with Gasteiger partial charge in [0.1, 0.15) is 23.3 Å². The van der Waals surface area contributed by atoms with Crippen molar-refractivity contribution >= 4 is 51.7 Å². The Morgan fingerprint density at radius 3 is 2.61 bits per heavy atom. The zero-order valence-corrected chi connectivity index (χ0v) is 26.8. The highest BCUT2D eigenvalue weighted by Gasteiger charge is 2.40. The van der Waals surface area contributed by atoms with Crippen LogP contribution in [0.5, 0.6) is 0 Å². The summed E-state index contributed by atoms with van der Waals surface area (Å²) in [7, 11) is 0. The first-order chi connectivity index (χ1) is 21.8. The van der Waals surface area contributed by atoms with E-state index in [9.17, 15) is 22.4 Å². The highest BCUT2D eigenvalue weighted by atomic mass is 35.5. The Labute approximate surface area is 273 Å². The van der Waals surface area contributed by atoms with Crippen LogP contribution in [0.1, 0.15) is 31.5 Å². The summed E-state index contributed by atoms with van der Waals surface area (Å²) in [5, 5.41) is 11.1. The third kappa shape index (κ3) is 5.33. The molecule has 3 aliphatic heterocycles. The number of rotatable bonds is 4. The number of halogens is 7. The highest BCUT2D eigenvalue weighted by molar-refractivity contribution is 7.99. The Balaban J connectivity index is 1.37. The number of alkyl halides is 3. The second-order valence-corrected chi connectivity index (χ2v) is 13.7. The normalized spacial score (nSPS) is 22.0. The predicted octanol–water partition coefficient (Wildman–Crippen LogP) is 5.61. The van der Waals surface area contributed by atoms with Gasteiger partial charge in [-0.3, -0.25) is 9.47 Å². The van der Waals surface area contributed by atoms with Crippen LogP contribution in [0.15, 0.2) is 27.9 Å². The first kappa shape index (κ1) is 31.6. The van der Waals surface area contributed by atoms with E-state index in [2.05, 4.69) is 25.4 Å². The molecule has 17 heteroatoms. The van der Waals surface area contributed by atoms with Crippen molar-refractivity contribution in [1.29, 1.82) is 0 Å². The van der Waals surface area contributed by atoms with Crippen molar-refractivity contribution < 1.29 is 22.0 Å². The Kier molecular flexibility index (Phi) is 7.98. The van der Waals surface area contributed by atoms with Gasteiger partial charge in [0, 0.05) is 78.0 Å². The lowest BCUT2D eigenvalue weighted by atomic mass is 10.0. The van der Waals surface area contributed by atoms with E-state index in [1.54, 1.807) is 10.6 Å². The van der Waals surface area contributed by atoms with Gasteiger partial charge in [-0.05, 0) is 26.0 Å². The molecule has 0 bridgehead atoms. The van der Waals surface area contributed by atoms with Crippen LogP contribution in [0.4, 0.5) is 27.8 Å². The quantitative estimate of drug-likeness (QED) is 0.218. The zero-order chi connectivity index (χ0) is 32.7. The number of piperazine rings is 1. The smallest absolute Gasteiger partial charge is 0.350 e. The van der Waals surface area contributed by atoms with Crippen LogP contribution in [0, 0.1) is 11.6 Å². The molecule has 1 N–H and O–H groups in total. The lowest BCUT2D eigenvalue weighted by molar-refractivity contribution is -0.148. The maximum atomic E-state index is 15.3. The minimum Gasteiger partial charge on any atom is -0.350 e. The van der Waals surface area contributed by atoms with Gasteiger partial charge in [-0.1, -0.05) is 23.2 Å². The Hall–Kier alpha value is -2.98. The number of aromatic nitrogens is 5. The maximum Gasteiger partial charge on any atom is 0.451 e. The number of anilines is 1. The third-order valence-electron chi connectivity index (χ3n) is 8.75.